The molecule has 0 aliphatic carbocycles. The van der Waals surface area contributed by atoms with Crippen molar-refractivity contribution in [2.75, 3.05) is 18.4 Å². The molecule has 0 bridgehead atoms. The molecule has 1 unspecified atom stereocenters. The summed E-state index contributed by atoms with van der Waals surface area (Å²) in [6.07, 6.45) is 3.95. The number of amides is 2. The third kappa shape index (κ3) is 5.64. The number of aryl methyl sites for hydroxylation is 2. The fraction of sp³-hybridized carbons (Fsp3) is 0.409. The highest BCUT2D eigenvalue weighted by Crippen LogP contribution is 2.20. The molecule has 0 radical (unpaired) electrons. The summed E-state index contributed by atoms with van der Waals surface area (Å²) >= 11 is 0. The molecular formula is C22H27N3O2. The molecule has 1 saturated heterocycles. The highest BCUT2D eigenvalue weighted by atomic mass is 16.2. The van der Waals surface area contributed by atoms with E-state index < -0.39 is 0 Å². The van der Waals surface area contributed by atoms with E-state index in [0.29, 0.717) is 18.8 Å². The minimum Gasteiger partial charge on any atom is -0.342 e. The van der Waals surface area contributed by atoms with Gasteiger partial charge < -0.3 is 10.2 Å². The van der Waals surface area contributed by atoms with E-state index in [0.717, 1.165) is 37.9 Å². The number of hydrogen-bond donors (Lipinski definition) is 1. The standard InChI is InChI=1S/C22H27N3O2/c1-17-8-5-13-20(23-17)24-22(27)19-12-7-15-25(16-19)21(26)14-6-11-18-9-3-2-4-10-18/h2-5,8-10,13,19H,6-7,11-12,14-16H2,1H3,(H,23,24,27). The monoisotopic (exact) mass is 365 g/mol. The Balaban J connectivity index is 1.47. The number of rotatable bonds is 6. The number of likely N-dealkylation sites (tertiary alicyclic amines) is 1. The molecule has 2 aromatic rings. The van der Waals surface area contributed by atoms with Crippen molar-refractivity contribution >= 4 is 17.6 Å². The molecule has 1 aliphatic rings. The maximum absolute atomic E-state index is 12.6. The quantitative estimate of drug-likeness (QED) is 0.851. The third-order valence-corrected chi connectivity index (χ3v) is 4.98. The zero-order valence-electron chi connectivity index (χ0n) is 15.9. The van der Waals surface area contributed by atoms with Crippen LogP contribution in [-0.2, 0) is 16.0 Å². The molecule has 1 aliphatic heterocycles. The summed E-state index contributed by atoms with van der Waals surface area (Å²) in [5.41, 5.74) is 2.12. The molecule has 1 fully saturated rings. The highest BCUT2D eigenvalue weighted by Gasteiger charge is 2.28. The number of carbonyl (C=O) groups is 2. The molecule has 5 nitrogen and oxygen atoms in total. The van der Waals surface area contributed by atoms with Crippen LogP contribution in [0.1, 0.15) is 36.9 Å². The van der Waals surface area contributed by atoms with E-state index in [1.165, 1.54) is 5.56 Å². The summed E-state index contributed by atoms with van der Waals surface area (Å²) in [5.74, 6) is 0.512. The van der Waals surface area contributed by atoms with Gasteiger partial charge in [-0.2, -0.15) is 0 Å². The molecule has 1 atom stereocenters. The second kappa shape index (κ2) is 9.31. The van der Waals surface area contributed by atoms with Gasteiger partial charge in [-0.25, -0.2) is 4.98 Å². The lowest BCUT2D eigenvalue weighted by atomic mass is 9.96. The Hall–Kier alpha value is -2.69. The fourth-order valence-corrected chi connectivity index (χ4v) is 3.51. The van der Waals surface area contributed by atoms with Gasteiger partial charge in [0, 0.05) is 25.2 Å². The largest absolute Gasteiger partial charge is 0.342 e. The first-order chi connectivity index (χ1) is 13.1. The van der Waals surface area contributed by atoms with Crippen LogP contribution in [0.4, 0.5) is 5.82 Å². The van der Waals surface area contributed by atoms with E-state index in [1.54, 1.807) is 6.07 Å². The molecule has 1 N–H and O–H groups in total. The first kappa shape index (κ1) is 19.1. The first-order valence-corrected chi connectivity index (χ1v) is 9.68. The number of carbonyl (C=O) groups excluding carboxylic acids is 2. The molecule has 142 valence electrons. The predicted molar refractivity (Wildman–Crippen MR) is 106 cm³/mol. The van der Waals surface area contributed by atoms with Gasteiger partial charge in [-0.3, -0.25) is 9.59 Å². The number of piperidine rings is 1. The van der Waals surface area contributed by atoms with Gasteiger partial charge in [0.1, 0.15) is 5.82 Å². The van der Waals surface area contributed by atoms with Gasteiger partial charge >= 0.3 is 0 Å². The Morgan fingerprint density at radius 3 is 2.74 bits per heavy atom. The number of anilines is 1. The number of pyridine rings is 1. The molecule has 0 spiro atoms. The molecule has 27 heavy (non-hydrogen) atoms. The van der Waals surface area contributed by atoms with Crippen LogP contribution in [0.5, 0.6) is 0 Å². The Labute approximate surface area is 160 Å². The highest BCUT2D eigenvalue weighted by molar-refractivity contribution is 5.92. The average Bonchev–Trinajstić information content (AvgIpc) is 2.69. The van der Waals surface area contributed by atoms with Crippen LogP contribution in [-0.4, -0.2) is 34.8 Å². The summed E-state index contributed by atoms with van der Waals surface area (Å²) in [6, 6.07) is 15.8. The molecule has 5 heteroatoms. The lowest BCUT2D eigenvalue weighted by Crippen LogP contribution is -2.43. The van der Waals surface area contributed by atoms with Crippen LogP contribution in [0.15, 0.2) is 48.5 Å². The van der Waals surface area contributed by atoms with E-state index in [4.69, 9.17) is 0 Å². The second-order valence-electron chi connectivity index (χ2n) is 7.17. The van der Waals surface area contributed by atoms with Crippen molar-refractivity contribution in [3.63, 3.8) is 0 Å². The Morgan fingerprint density at radius 2 is 1.96 bits per heavy atom. The van der Waals surface area contributed by atoms with Crippen molar-refractivity contribution in [1.29, 1.82) is 0 Å². The van der Waals surface area contributed by atoms with Crippen molar-refractivity contribution < 1.29 is 9.59 Å². The van der Waals surface area contributed by atoms with Crippen molar-refractivity contribution in [2.45, 2.75) is 39.0 Å². The van der Waals surface area contributed by atoms with Gasteiger partial charge in [-0.1, -0.05) is 36.4 Å². The van der Waals surface area contributed by atoms with Gasteiger partial charge in [-0.15, -0.1) is 0 Å². The topological polar surface area (TPSA) is 62.3 Å². The summed E-state index contributed by atoms with van der Waals surface area (Å²) < 4.78 is 0. The summed E-state index contributed by atoms with van der Waals surface area (Å²) in [6.45, 7) is 3.14. The zero-order chi connectivity index (χ0) is 19.1. The lowest BCUT2D eigenvalue weighted by molar-refractivity contribution is -0.134. The van der Waals surface area contributed by atoms with E-state index in [-0.39, 0.29) is 17.7 Å². The van der Waals surface area contributed by atoms with Gasteiger partial charge in [0.25, 0.3) is 0 Å². The van der Waals surface area contributed by atoms with E-state index in [2.05, 4.69) is 22.4 Å². The molecule has 2 heterocycles. The SMILES string of the molecule is Cc1cccc(NC(=O)C2CCCN(C(=O)CCCc3ccccc3)C2)n1. The molecule has 2 amide bonds. The summed E-state index contributed by atoms with van der Waals surface area (Å²) in [5, 5.41) is 2.89. The first-order valence-electron chi connectivity index (χ1n) is 9.68. The number of nitrogens with one attached hydrogen (secondary N) is 1. The number of nitrogens with zero attached hydrogens (tertiary/aromatic N) is 2. The number of aromatic nitrogens is 1. The molecule has 0 saturated carbocycles. The third-order valence-electron chi connectivity index (χ3n) is 4.98. The van der Waals surface area contributed by atoms with Crippen LogP contribution >= 0.6 is 0 Å². The van der Waals surface area contributed by atoms with Crippen LogP contribution in [0.2, 0.25) is 0 Å². The van der Waals surface area contributed by atoms with E-state index >= 15 is 0 Å². The Kier molecular flexibility index (Phi) is 6.58. The molecule has 1 aromatic heterocycles. The molecule has 3 rings (SSSR count). The minimum atomic E-state index is -0.167. The smallest absolute Gasteiger partial charge is 0.230 e. The number of benzene rings is 1. The lowest BCUT2D eigenvalue weighted by Gasteiger charge is -2.32. The van der Waals surface area contributed by atoms with Crippen molar-refractivity contribution in [1.82, 2.24) is 9.88 Å². The van der Waals surface area contributed by atoms with Crippen molar-refractivity contribution in [3.05, 3.63) is 59.8 Å². The maximum atomic E-state index is 12.6. The van der Waals surface area contributed by atoms with Crippen LogP contribution in [0.25, 0.3) is 0 Å². The van der Waals surface area contributed by atoms with Gasteiger partial charge in [0.2, 0.25) is 11.8 Å². The van der Waals surface area contributed by atoms with Gasteiger partial charge in [0.15, 0.2) is 0 Å². The van der Waals surface area contributed by atoms with Crippen molar-refractivity contribution in [2.24, 2.45) is 5.92 Å². The molecule has 1 aromatic carbocycles. The van der Waals surface area contributed by atoms with E-state index in [9.17, 15) is 9.59 Å². The van der Waals surface area contributed by atoms with Crippen molar-refractivity contribution in [3.8, 4) is 0 Å². The van der Waals surface area contributed by atoms with Gasteiger partial charge in [-0.05, 0) is 50.3 Å². The normalized spacial score (nSPS) is 16.8. The number of hydrogen-bond acceptors (Lipinski definition) is 3. The second-order valence-corrected chi connectivity index (χ2v) is 7.17. The van der Waals surface area contributed by atoms with Crippen LogP contribution < -0.4 is 5.32 Å². The Morgan fingerprint density at radius 1 is 1.15 bits per heavy atom. The average molecular weight is 365 g/mol. The minimum absolute atomic E-state index is 0.0464. The van der Waals surface area contributed by atoms with Crippen LogP contribution in [0, 0.1) is 12.8 Å². The zero-order valence-corrected chi connectivity index (χ0v) is 15.9. The molecular weight excluding hydrogens is 338 g/mol. The fourth-order valence-electron chi connectivity index (χ4n) is 3.51. The maximum Gasteiger partial charge on any atom is 0.230 e. The Bertz CT molecular complexity index is 776. The van der Waals surface area contributed by atoms with Crippen LogP contribution in [0.3, 0.4) is 0 Å². The predicted octanol–water partition coefficient (Wildman–Crippen LogP) is 3.59. The van der Waals surface area contributed by atoms with Gasteiger partial charge in [0.05, 0.1) is 5.92 Å². The summed E-state index contributed by atoms with van der Waals surface area (Å²) in [4.78, 5) is 31.3. The summed E-state index contributed by atoms with van der Waals surface area (Å²) in [7, 11) is 0. The van der Waals surface area contributed by atoms with E-state index in [1.807, 2.05) is 42.2 Å².